The summed E-state index contributed by atoms with van der Waals surface area (Å²) in [6.45, 7) is 5.63. The highest BCUT2D eigenvalue weighted by Crippen LogP contribution is 2.32. The van der Waals surface area contributed by atoms with Crippen LogP contribution in [0.1, 0.15) is 42.9 Å². The van der Waals surface area contributed by atoms with E-state index in [1.807, 2.05) is 0 Å². The number of carbonyl (C=O) groups excluding carboxylic acids is 2. The summed E-state index contributed by atoms with van der Waals surface area (Å²) in [4.78, 5) is 38.5. The summed E-state index contributed by atoms with van der Waals surface area (Å²) in [5, 5.41) is 2.60. The Kier molecular flexibility index (Phi) is 7.44. The number of amides is 2. The van der Waals surface area contributed by atoms with Crippen LogP contribution in [0.15, 0.2) is 24.5 Å². The van der Waals surface area contributed by atoms with Gasteiger partial charge in [-0.1, -0.05) is 11.6 Å². The van der Waals surface area contributed by atoms with Crippen molar-refractivity contribution in [3.8, 4) is 11.4 Å². The molecular weight excluding hydrogens is 484 g/mol. The Balaban J connectivity index is 2.02. The highest BCUT2D eigenvalue weighted by atomic mass is 35.5. The number of hydrogen-bond donors (Lipinski definition) is 1. The van der Waals surface area contributed by atoms with Crippen molar-refractivity contribution in [2.24, 2.45) is 0 Å². The number of nitrogens with one attached hydrogen (secondary N) is 1. The van der Waals surface area contributed by atoms with Crippen LogP contribution in [0.25, 0.3) is 11.4 Å². The Bertz CT molecular complexity index is 1200. The van der Waals surface area contributed by atoms with E-state index in [1.54, 1.807) is 32.9 Å². The minimum atomic E-state index is -3.61. The van der Waals surface area contributed by atoms with E-state index in [0.717, 1.165) is 6.26 Å². The summed E-state index contributed by atoms with van der Waals surface area (Å²) in [5.74, 6) is -0.394. The van der Waals surface area contributed by atoms with Gasteiger partial charge < -0.3 is 15.0 Å². The van der Waals surface area contributed by atoms with Crippen LogP contribution in [0.3, 0.4) is 0 Å². The third-order valence-corrected chi connectivity index (χ3v) is 6.48. The van der Waals surface area contributed by atoms with E-state index in [1.165, 1.54) is 28.6 Å². The first-order valence-electron chi connectivity index (χ1n) is 10.4. The summed E-state index contributed by atoms with van der Waals surface area (Å²) in [7, 11) is -2.12. The predicted molar refractivity (Wildman–Crippen MR) is 126 cm³/mol. The summed E-state index contributed by atoms with van der Waals surface area (Å²) >= 11 is 6.29. The summed E-state index contributed by atoms with van der Waals surface area (Å²) in [6, 6.07) is 3.93. The molecule has 2 amide bonds. The van der Waals surface area contributed by atoms with Gasteiger partial charge in [0.05, 0.1) is 23.7 Å². The van der Waals surface area contributed by atoms with Crippen molar-refractivity contribution in [3.05, 3.63) is 40.9 Å². The number of pyridine rings is 1. The highest BCUT2D eigenvalue weighted by Gasteiger charge is 2.37. The molecule has 3 heterocycles. The maximum Gasteiger partial charge on any atom is 0.410 e. The zero-order chi connectivity index (χ0) is 25.3. The van der Waals surface area contributed by atoms with E-state index in [2.05, 4.69) is 20.3 Å². The minimum Gasteiger partial charge on any atom is -0.444 e. The molecule has 3 rings (SSSR count). The van der Waals surface area contributed by atoms with E-state index >= 15 is 0 Å². The maximum atomic E-state index is 12.7. The van der Waals surface area contributed by atoms with Gasteiger partial charge >= 0.3 is 6.09 Å². The van der Waals surface area contributed by atoms with E-state index < -0.39 is 33.7 Å². The Morgan fingerprint density at radius 3 is 2.47 bits per heavy atom. The van der Waals surface area contributed by atoms with Crippen molar-refractivity contribution >= 4 is 33.6 Å². The van der Waals surface area contributed by atoms with Crippen molar-refractivity contribution in [2.45, 2.75) is 32.4 Å². The van der Waals surface area contributed by atoms with Crippen molar-refractivity contribution < 1.29 is 22.7 Å². The van der Waals surface area contributed by atoms with Gasteiger partial charge in [-0.2, -0.15) is 4.31 Å². The molecule has 1 fully saturated rings. The lowest BCUT2D eigenvalue weighted by atomic mass is 10.0. The van der Waals surface area contributed by atoms with Crippen LogP contribution in [-0.2, 0) is 14.8 Å². The molecule has 0 bridgehead atoms. The smallest absolute Gasteiger partial charge is 0.410 e. The standard InChI is InChI=1S/C21H27ClN6O5S/c1-21(2,3)33-20(30)27-6-7-28(34(5,31)32)17(11-27)13-8-15(26-18(22)9-13)14-10-16(19(29)23-4)25-12-24-14/h8-10,12,17H,6-7,11H2,1-5H3,(H,23,29)/t17-/m1/s1. The molecule has 0 aromatic carbocycles. The van der Waals surface area contributed by atoms with Gasteiger partial charge in [-0.25, -0.2) is 28.2 Å². The molecule has 1 aliphatic heterocycles. The third-order valence-electron chi connectivity index (χ3n) is 5.00. The minimum absolute atomic E-state index is 0.0645. The molecule has 0 unspecified atom stereocenters. The average Bonchev–Trinajstić information content (AvgIpc) is 2.76. The number of carbonyl (C=O) groups is 2. The van der Waals surface area contributed by atoms with E-state index in [4.69, 9.17) is 16.3 Å². The first-order chi connectivity index (χ1) is 15.8. The lowest BCUT2D eigenvalue weighted by molar-refractivity contribution is 0.0131. The third kappa shape index (κ3) is 6.19. The molecular formula is C21H27ClN6O5S. The molecule has 13 heteroatoms. The van der Waals surface area contributed by atoms with Gasteiger partial charge in [0, 0.05) is 26.7 Å². The number of sulfonamides is 1. The second-order valence-corrected chi connectivity index (χ2v) is 11.1. The Labute approximate surface area is 203 Å². The van der Waals surface area contributed by atoms with Crippen molar-refractivity contribution in [2.75, 3.05) is 32.9 Å². The Morgan fingerprint density at radius 2 is 1.85 bits per heavy atom. The van der Waals surface area contributed by atoms with Crippen LogP contribution in [0.5, 0.6) is 0 Å². The van der Waals surface area contributed by atoms with Crippen LogP contribution in [-0.4, -0.2) is 83.1 Å². The predicted octanol–water partition coefficient (Wildman–Crippen LogP) is 2.10. The van der Waals surface area contributed by atoms with Gasteiger partial charge in [0.15, 0.2) is 0 Å². The fraction of sp³-hybridized carbons (Fsp3) is 0.476. The number of rotatable bonds is 4. The second kappa shape index (κ2) is 9.80. The van der Waals surface area contributed by atoms with Gasteiger partial charge in [0.25, 0.3) is 5.91 Å². The number of nitrogens with zero attached hydrogens (tertiary/aromatic N) is 5. The summed E-state index contributed by atoms with van der Waals surface area (Å²) < 4.78 is 31.9. The van der Waals surface area contributed by atoms with Crippen LogP contribution in [0, 0.1) is 0 Å². The largest absolute Gasteiger partial charge is 0.444 e. The molecule has 184 valence electrons. The molecule has 2 aromatic heterocycles. The lowest BCUT2D eigenvalue weighted by Crippen LogP contribution is -2.52. The first-order valence-corrected chi connectivity index (χ1v) is 12.7. The lowest BCUT2D eigenvalue weighted by Gasteiger charge is -2.40. The van der Waals surface area contributed by atoms with E-state index in [9.17, 15) is 18.0 Å². The van der Waals surface area contributed by atoms with Crippen molar-refractivity contribution in [1.82, 2.24) is 29.5 Å². The number of aromatic nitrogens is 3. The number of halogens is 1. The fourth-order valence-corrected chi connectivity index (χ4v) is 4.80. The van der Waals surface area contributed by atoms with Crippen LogP contribution in [0.4, 0.5) is 4.79 Å². The molecule has 1 aliphatic rings. The average molecular weight is 511 g/mol. The Hall–Kier alpha value is -2.83. The molecule has 11 nitrogen and oxygen atoms in total. The molecule has 34 heavy (non-hydrogen) atoms. The molecule has 0 radical (unpaired) electrons. The molecule has 2 aromatic rings. The van der Waals surface area contributed by atoms with Crippen molar-refractivity contribution in [3.63, 3.8) is 0 Å². The van der Waals surface area contributed by atoms with Crippen LogP contribution in [0.2, 0.25) is 5.15 Å². The summed E-state index contributed by atoms with van der Waals surface area (Å²) in [6.07, 6.45) is 1.82. The molecule has 1 saturated heterocycles. The molecule has 0 aliphatic carbocycles. The first kappa shape index (κ1) is 25.8. The monoisotopic (exact) mass is 510 g/mol. The number of piperazine rings is 1. The van der Waals surface area contributed by atoms with Gasteiger partial charge in [-0.05, 0) is 44.5 Å². The maximum absolute atomic E-state index is 12.7. The quantitative estimate of drug-likeness (QED) is 0.618. The molecule has 1 atom stereocenters. The zero-order valence-corrected chi connectivity index (χ0v) is 21.1. The van der Waals surface area contributed by atoms with E-state index in [0.29, 0.717) is 17.0 Å². The van der Waals surface area contributed by atoms with Gasteiger partial charge in [-0.3, -0.25) is 4.79 Å². The van der Waals surface area contributed by atoms with Crippen LogP contribution >= 0.6 is 11.6 Å². The molecule has 0 spiro atoms. The van der Waals surface area contributed by atoms with Crippen LogP contribution < -0.4 is 5.32 Å². The Morgan fingerprint density at radius 1 is 1.15 bits per heavy atom. The van der Waals surface area contributed by atoms with Crippen molar-refractivity contribution in [1.29, 1.82) is 0 Å². The number of hydrogen-bond acceptors (Lipinski definition) is 8. The highest BCUT2D eigenvalue weighted by molar-refractivity contribution is 7.88. The SMILES string of the molecule is CNC(=O)c1cc(-c2cc([C@H]3CN(C(=O)OC(C)(C)C)CCN3S(C)(=O)=O)cc(Cl)n2)ncn1. The van der Waals surface area contributed by atoms with Gasteiger partial charge in [-0.15, -0.1) is 0 Å². The zero-order valence-electron chi connectivity index (χ0n) is 19.6. The fourth-order valence-electron chi connectivity index (χ4n) is 3.52. The van der Waals surface area contributed by atoms with Gasteiger partial charge in [0.1, 0.15) is 22.8 Å². The van der Waals surface area contributed by atoms with E-state index in [-0.39, 0.29) is 30.5 Å². The second-order valence-electron chi connectivity index (χ2n) is 8.79. The number of ether oxygens (including phenoxy) is 1. The topological polar surface area (TPSA) is 135 Å². The molecule has 1 N–H and O–H groups in total. The normalized spacial score (nSPS) is 17.4. The van der Waals surface area contributed by atoms with Gasteiger partial charge in [0.2, 0.25) is 10.0 Å². The summed E-state index contributed by atoms with van der Waals surface area (Å²) in [5.41, 5.74) is 0.639. The molecule has 0 saturated carbocycles.